The van der Waals surface area contributed by atoms with Gasteiger partial charge >= 0.3 is 0 Å². The highest BCUT2D eigenvalue weighted by Crippen LogP contribution is 2.32. The molecule has 3 N–H and O–H groups in total. The quantitative estimate of drug-likeness (QED) is 0.882. The van der Waals surface area contributed by atoms with Crippen molar-refractivity contribution in [1.82, 2.24) is 0 Å². The number of hydrogen-bond donors (Lipinski definition) is 2. The molecule has 0 heterocycles. The van der Waals surface area contributed by atoms with Crippen LogP contribution in [0.2, 0.25) is 5.02 Å². The molecule has 1 aromatic carbocycles. The first kappa shape index (κ1) is 13.7. The number of benzene rings is 1. The number of nitrogens with two attached hydrogens (primary N) is 1. The van der Waals surface area contributed by atoms with Crippen molar-refractivity contribution in [3.8, 4) is 0 Å². The second-order valence-electron chi connectivity index (χ2n) is 5.05. The van der Waals surface area contributed by atoms with Crippen LogP contribution in [0.1, 0.15) is 25.7 Å². The molecule has 0 saturated heterocycles. The molecular weight excluding hydrogens is 248 g/mol. The van der Waals surface area contributed by atoms with Crippen LogP contribution in [0, 0.1) is 0 Å². The first-order valence-corrected chi connectivity index (χ1v) is 6.82. The van der Waals surface area contributed by atoms with E-state index in [0.717, 1.165) is 36.4 Å². The zero-order valence-electron chi connectivity index (χ0n) is 10.8. The summed E-state index contributed by atoms with van der Waals surface area (Å²) < 4.78 is 5.41. The lowest BCUT2D eigenvalue weighted by atomic mass is 9.80. The Bertz CT molecular complexity index is 372. The largest absolute Gasteiger partial charge is 0.381 e. The molecule has 4 heteroatoms. The summed E-state index contributed by atoms with van der Waals surface area (Å²) in [6.45, 7) is 0.645. The number of nitrogens with one attached hydrogen (secondary N) is 1. The predicted octanol–water partition coefficient (Wildman–Crippen LogP) is 3.04. The van der Waals surface area contributed by atoms with Crippen LogP contribution in [0.15, 0.2) is 24.3 Å². The van der Waals surface area contributed by atoms with E-state index >= 15 is 0 Å². The molecule has 1 saturated carbocycles. The molecule has 1 aromatic rings. The maximum atomic E-state index is 5.97. The van der Waals surface area contributed by atoms with Gasteiger partial charge < -0.3 is 15.8 Å². The maximum absolute atomic E-state index is 5.97. The Morgan fingerprint density at radius 1 is 1.33 bits per heavy atom. The van der Waals surface area contributed by atoms with Gasteiger partial charge in [-0.05, 0) is 49.9 Å². The van der Waals surface area contributed by atoms with Crippen LogP contribution in [-0.4, -0.2) is 25.3 Å². The monoisotopic (exact) mass is 268 g/mol. The van der Waals surface area contributed by atoms with E-state index in [4.69, 9.17) is 22.1 Å². The van der Waals surface area contributed by atoms with Crippen molar-refractivity contribution in [3.05, 3.63) is 29.3 Å². The molecule has 1 aliphatic carbocycles. The van der Waals surface area contributed by atoms with E-state index in [1.165, 1.54) is 0 Å². The summed E-state index contributed by atoms with van der Waals surface area (Å²) in [5.74, 6) is 0. The fourth-order valence-electron chi connectivity index (χ4n) is 2.60. The van der Waals surface area contributed by atoms with Crippen LogP contribution in [0.4, 0.5) is 5.69 Å². The molecule has 2 rings (SSSR count). The van der Waals surface area contributed by atoms with Gasteiger partial charge in [0.15, 0.2) is 0 Å². The molecule has 100 valence electrons. The average molecular weight is 269 g/mol. The van der Waals surface area contributed by atoms with Gasteiger partial charge in [0.05, 0.1) is 6.10 Å². The van der Waals surface area contributed by atoms with Crippen LogP contribution in [0.3, 0.4) is 0 Å². The first-order chi connectivity index (χ1) is 8.67. The molecule has 1 fully saturated rings. The van der Waals surface area contributed by atoms with E-state index in [2.05, 4.69) is 5.32 Å². The van der Waals surface area contributed by atoms with E-state index in [9.17, 15) is 0 Å². The van der Waals surface area contributed by atoms with E-state index in [-0.39, 0.29) is 5.54 Å². The highest BCUT2D eigenvalue weighted by atomic mass is 35.5. The summed E-state index contributed by atoms with van der Waals surface area (Å²) in [5.41, 5.74) is 7.06. The summed E-state index contributed by atoms with van der Waals surface area (Å²) in [6, 6.07) is 7.80. The van der Waals surface area contributed by atoms with Crippen molar-refractivity contribution in [2.45, 2.75) is 37.3 Å². The van der Waals surface area contributed by atoms with Crippen LogP contribution in [0.25, 0.3) is 0 Å². The van der Waals surface area contributed by atoms with Crippen molar-refractivity contribution in [2.24, 2.45) is 5.73 Å². The third kappa shape index (κ3) is 3.16. The first-order valence-electron chi connectivity index (χ1n) is 6.44. The van der Waals surface area contributed by atoms with Crippen LogP contribution < -0.4 is 11.1 Å². The van der Waals surface area contributed by atoms with Gasteiger partial charge in [-0.3, -0.25) is 0 Å². The Balaban J connectivity index is 2.03. The number of methoxy groups -OCH3 is 1. The minimum atomic E-state index is 0.00284. The smallest absolute Gasteiger partial charge is 0.0573 e. The molecule has 18 heavy (non-hydrogen) atoms. The second-order valence-corrected chi connectivity index (χ2v) is 5.49. The fourth-order valence-corrected chi connectivity index (χ4v) is 2.73. The summed E-state index contributed by atoms with van der Waals surface area (Å²) in [4.78, 5) is 0. The highest BCUT2D eigenvalue weighted by Gasteiger charge is 2.34. The van der Waals surface area contributed by atoms with Gasteiger partial charge in [0.1, 0.15) is 0 Å². The van der Waals surface area contributed by atoms with Gasteiger partial charge in [0.2, 0.25) is 0 Å². The molecule has 0 radical (unpaired) electrons. The minimum absolute atomic E-state index is 0.00284. The Labute approximate surface area is 114 Å². The van der Waals surface area contributed by atoms with Crippen molar-refractivity contribution in [3.63, 3.8) is 0 Å². The average Bonchev–Trinajstić information content (AvgIpc) is 2.42. The Morgan fingerprint density at radius 3 is 2.44 bits per heavy atom. The summed E-state index contributed by atoms with van der Waals surface area (Å²) >= 11 is 5.89. The molecule has 0 unspecified atom stereocenters. The van der Waals surface area contributed by atoms with Gasteiger partial charge in [0.25, 0.3) is 0 Å². The highest BCUT2D eigenvalue weighted by molar-refractivity contribution is 6.30. The third-order valence-corrected chi connectivity index (χ3v) is 4.12. The molecule has 0 amide bonds. The minimum Gasteiger partial charge on any atom is -0.381 e. The van der Waals surface area contributed by atoms with Gasteiger partial charge in [-0.15, -0.1) is 0 Å². The predicted molar refractivity (Wildman–Crippen MR) is 76.1 cm³/mol. The third-order valence-electron chi connectivity index (χ3n) is 3.87. The Hall–Kier alpha value is -0.770. The second kappa shape index (κ2) is 5.91. The maximum Gasteiger partial charge on any atom is 0.0573 e. The van der Waals surface area contributed by atoms with Crippen molar-refractivity contribution in [2.75, 3.05) is 19.0 Å². The molecule has 0 aliphatic heterocycles. The molecule has 0 spiro atoms. The van der Waals surface area contributed by atoms with Crippen LogP contribution >= 0.6 is 11.6 Å². The van der Waals surface area contributed by atoms with Gasteiger partial charge in [-0.1, -0.05) is 11.6 Å². The van der Waals surface area contributed by atoms with E-state index in [1.54, 1.807) is 7.11 Å². The summed E-state index contributed by atoms with van der Waals surface area (Å²) in [7, 11) is 1.78. The topological polar surface area (TPSA) is 47.3 Å². The number of halogens is 1. The standard InChI is InChI=1S/C14H21ClN2O/c1-18-13-6-8-14(10-16,9-7-13)17-12-4-2-11(15)3-5-12/h2-5,13,17H,6-10,16H2,1H3. The zero-order valence-corrected chi connectivity index (χ0v) is 11.5. The molecule has 0 aromatic heterocycles. The lowest BCUT2D eigenvalue weighted by Gasteiger charge is -2.40. The SMILES string of the molecule is COC1CCC(CN)(Nc2ccc(Cl)cc2)CC1. The van der Waals surface area contributed by atoms with Crippen molar-refractivity contribution >= 4 is 17.3 Å². The van der Waals surface area contributed by atoms with Crippen molar-refractivity contribution in [1.29, 1.82) is 0 Å². The fraction of sp³-hybridized carbons (Fsp3) is 0.571. The van der Waals surface area contributed by atoms with E-state index < -0.39 is 0 Å². The normalized spacial score (nSPS) is 28.1. The molecule has 3 nitrogen and oxygen atoms in total. The lowest BCUT2D eigenvalue weighted by Crippen LogP contribution is -2.49. The van der Waals surface area contributed by atoms with E-state index in [0.29, 0.717) is 12.6 Å². The number of rotatable bonds is 4. The molecular formula is C14H21ClN2O. The van der Waals surface area contributed by atoms with Crippen molar-refractivity contribution < 1.29 is 4.74 Å². The lowest BCUT2D eigenvalue weighted by molar-refractivity contribution is 0.0550. The number of ether oxygens (including phenoxy) is 1. The van der Waals surface area contributed by atoms with E-state index in [1.807, 2.05) is 24.3 Å². The summed E-state index contributed by atoms with van der Waals surface area (Å²) in [6.07, 6.45) is 4.61. The van der Waals surface area contributed by atoms with Gasteiger partial charge in [-0.25, -0.2) is 0 Å². The number of hydrogen-bond acceptors (Lipinski definition) is 3. The Morgan fingerprint density at radius 2 is 1.94 bits per heavy atom. The van der Waals surface area contributed by atoms with Crippen LogP contribution in [-0.2, 0) is 4.74 Å². The Kier molecular flexibility index (Phi) is 4.49. The molecule has 0 bridgehead atoms. The molecule has 0 atom stereocenters. The molecule has 1 aliphatic rings. The van der Waals surface area contributed by atoms with Gasteiger partial charge in [0, 0.05) is 29.9 Å². The van der Waals surface area contributed by atoms with Gasteiger partial charge in [-0.2, -0.15) is 0 Å². The summed E-state index contributed by atoms with van der Waals surface area (Å²) in [5, 5.41) is 4.33. The zero-order chi connectivity index (χ0) is 13.0. The van der Waals surface area contributed by atoms with Crippen LogP contribution in [0.5, 0.6) is 0 Å². The number of anilines is 1.